The lowest BCUT2D eigenvalue weighted by Gasteiger charge is -2.03. The van der Waals surface area contributed by atoms with Gasteiger partial charge in [-0.05, 0) is 32.0 Å². The number of thiophene rings is 1. The number of aromatic nitrogens is 1. The Morgan fingerprint density at radius 2 is 2.24 bits per heavy atom. The van der Waals surface area contributed by atoms with Crippen LogP contribution in [0.25, 0.3) is 0 Å². The smallest absolute Gasteiger partial charge is 0.204 e. The van der Waals surface area contributed by atoms with Crippen LogP contribution in [0.15, 0.2) is 30.6 Å². The Kier molecular flexibility index (Phi) is 3.54. The number of rotatable bonds is 4. The highest BCUT2D eigenvalue weighted by molar-refractivity contribution is 7.14. The average molecular weight is 247 g/mol. The molecule has 0 aliphatic heterocycles. The molecule has 2 heterocycles. The summed E-state index contributed by atoms with van der Waals surface area (Å²) in [5.74, 6) is 0.629. The van der Waals surface area contributed by atoms with E-state index in [9.17, 15) is 4.79 Å². The van der Waals surface area contributed by atoms with E-state index in [1.807, 2.05) is 26.0 Å². The minimum absolute atomic E-state index is 0.00264. The van der Waals surface area contributed by atoms with Gasteiger partial charge in [0.25, 0.3) is 0 Å². The van der Waals surface area contributed by atoms with Crippen LogP contribution in [0.2, 0.25) is 0 Å². The maximum absolute atomic E-state index is 12.1. The van der Waals surface area contributed by atoms with Crippen LogP contribution in [-0.4, -0.2) is 17.4 Å². The van der Waals surface area contributed by atoms with Crippen LogP contribution in [-0.2, 0) is 0 Å². The molecule has 17 heavy (non-hydrogen) atoms. The van der Waals surface area contributed by atoms with Crippen LogP contribution >= 0.6 is 11.3 Å². The first-order valence-corrected chi connectivity index (χ1v) is 6.21. The van der Waals surface area contributed by atoms with Crippen molar-refractivity contribution in [1.82, 2.24) is 4.98 Å². The lowest BCUT2D eigenvalue weighted by molar-refractivity contribution is 0.104. The number of ether oxygens (including phenoxy) is 1. The third-order valence-electron chi connectivity index (χ3n) is 2.25. The molecule has 0 spiro atoms. The molecule has 0 atom stereocenters. The third kappa shape index (κ3) is 2.71. The van der Waals surface area contributed by atoms with Crippen molar-refractivity contribution < 1.29 is 9.53 Å². The maximum atomic E-state index is 12.1. The van der Waals surface area contributed by atoms with Gasteiger partial charge in [-0.1, -0.05) is 0 Å². The van der Waals surface area contributed by atoms with E-state index in [1.165, 1.54) is 11.3 Å². The molecule has 2 rings (SSSR count). The first-order chi connectivity index (χ1) is 8.20. The molecule has 0 fully saturated rings. The Morgan fingerprint density at radius 3 is 2.88 bits per heavy atom. The van der Waals surface area contributed by atoms with E-state index in [4.69, 9.17) is 4.74 Å². The van der Waals surface area contributed by atoms with Gasteiger partial charge in [0.2, 0.25) is 5.78 Å². The minimum Gasteiger partial charge on any atom is -0.492 e. The number of hydrogen-bond acceptors (Lipinski definition) is 4. The van der Waals surface area contributed by atoms with E-state index in [0.717, 1.165) is 9.75 Å². The molecular formula is C13H13NO2S. The number of aryl methyl sites for hydroxylation is 1. The van der Waals surface area contributed by atoms with Gasteiger partial charge in [-0.2, -0.15) is 0 Å². The molecule has 0 aromatic carbocycles. The van der Waals surface area contributed by atoms with Crippen molar-refractivity contribution in [2.24, 2.45) is 0 Å². The summed E-state index contributed by atoms with van der Waals surface area (Å²) in [6, 6.07) is 5.52. The lowest BCUT2D eigenvalue weighted by Crippen LogP contribution is -2.01. The van der Waals surface area contributed by atoms with Gasteiger partial charge in [-0.15, -0.1) is 11.3 Å². The average Bonchev–Trinajstić information content (AvgIpc) is 2.76. The number of carbonyl (C=O) groups excluding carboxylic acids is 1. The van der Waals surface area contributed by atoms with Crippen molar-refractivity contribution in [2.75, 3.05) is 6.61 Å². The van der Waals surface area contributed by atoms with Crippen LogP contribution in [0, 0.1) is 6.92 Å². The molecule has 0 bridgehead atoms. The summed E-state index contributed by atoms with van der Waals surface area (Å²) in [6.07, 6.45) is 3.18. The van der Waals surface area contributed by atoms with Crippen LogP contribution in [0.5, 0.6) is 5.75 Å². The molecule has 0 amide bonds. The topological polar surface area (TPSA) is 39.2 Å². The van der Waals surface area contributed by atoms with Crippen molar-refractivity contribution in [1.29, 1.82) is 0 Å². The molecule has 0 radical (unpaired) electrons. The Morgan fingerprint density at radius 1 is 1.41 bits per heavy atom. The second-order valence-corrected chi connectivity index (χ2v) is 4.87. The molecule has 0 saturated carbocycles. The molecule has 0 unspecified atom stereocenters. The van der Waals surface area contributed by atoms with Crippen molar-refractivity contribution in [3.63, 3.8) is 0 Å². The molecule has 0 saturated heterocycles. The molecule has 2 aromatic rings. The SMILES string of the molecule is CCOc1cncc(C(=O)c2ccc(C)s2)c1. The standard InChI is InChI=1S/C13H13NO2S/c1-3-16-11-6-10(7-14-8-11)13(15)12-5-4-9(2)17-12/h4-8H,3H2,1-2H3. The Hall–Kier alpha value is -1.68. The second kappa shape index (κ2) is 5.10. The highest BCUT2D eigenvalue weighted by Gasteiger charge is 2.12. The monoisotopic (exact) mass is 247 g/mol. The maximum Gasteiger partial charge on any atom is 0.204 e. The fourth-order valence-electron chi connectivity index (χ4n) is 1.49. The molecule has 88 valence electrons. The normalized spacial score (nSPS) is 10.2. The molecule has 0 N–H and O–H groups in total. The van der Waals surface area contributed by atoms with Crippen molar-refractivity contribution in [3.8, 4) is 5.75 Å². The van der Waals surface area contributed by atoms with Gasteiger partial charge in [0.05, 0.1) is 17.7 Å². The van der Waals surface area contributed by atoms with E-state index >= 15 is 0 Å². The number of nitrogens with zero attached hydrogens (tertiary/aromatic N) is 1. The van der Waals surface area contributed by atoms with E-state index in [-0.39, 0.29) is 5.78 Å². The van der Waals surface area contributed by atoms with E-state index in [1.54, 1.807) is 18.5 Å². The molecule has 4 heteroatoms. The third-order valence-corrected chi connectivity index (χ3v) is 3.25. The highest BCUT2D eigenvalue weighted by atomic mass is 32.1. The summed E-state index contributed by atoms with van der Waals surface area (Å²) in [7, 11) is 0. The summed E-state index contributed by atoms with van der Waals surface area (Å²) in [6.45, 7) is 4.45. The van der Waals surface area contributed by atoms with Gasteiger partial charge < -0.3 is 4.74 Å². The van der Waals surface area contributed by atoms with Gasteiger partial charge in [-0.25, -0.2) is 0 Å². The van der Waals surface area contributed by atoms with Gasteiger partial charge >= 0.3 is 0 Å². The van der Waals surface area contributed by atoms with Crippen LogP contribution < -0.4 is 4.74 Å². The zero-order valence-corrected chi connectivity index (χ0v) is 10.6. The molecule has 0 aliphatic carbocycles. The molecule has 2 aromatic heterocycles. The Balaban J connectivity index is 2.27. The Bertz CT molecular complexity index is 534. The van der Waals surface area contributed by atoms with E-state index in [0.29, 0.717) is 17.9 Å². The number of ketones is 1. The summed E-state index contributed by atoms with van der Waals surface area (Å²) in [5, 5.41) is 0. The van der Waals surface area contributed by atoms with E-state index < -0.39 is 0 Å². The first-order valence-electron chi connectivity index (χ1n) is 5.39. The second-order valence-electron chi connectivity index (χ2n) is 3.58. The summed E-state index contributed by atoms with van der Waals surface area (Å²) in [5.41, 5.74) is 0.567. The molecular weight excluding hydrogens is 234 g/mol. The quantitative estimate of drug-likeness (QED) is 0.779. The fraction of sp³-hybridized carbons (Fsp3) is 0.231. The van der Waals surface area contributed by atoms with E-state index in [2.05, 4.69) is 4.98 Å². The summed E-state index contributed by atoms with van der Waals surface area (Å²) < 4.78 is 5.33. The van der Waals surface area contributed by atoms with Crippen LogP contribution in [0.3, 0.4) is 0 Å². The van der Waals surface area contributed by atoms with Gasteiger partial charge in [-0.3, -0.25) is 9.78 Å². The number of pyridine rings is 1. The first kappa shape index (κ1) is 11.8. The fourth-order valence-corrected chi connectivity index (χ4v) is 2.32. The lowest BCUT2D eigenvalue weighted by atomic mass is 10.1. The van der Waals surface area contributed by atoms with Gasteiger partial charge in [0.15, 0.2) is 0 Å². The number of hydrogen-bond donors (Lipinski definition) is 0. The van der Waals surface area contributed by atoms with Crippen molar-refractivity contribution in [2.45, 2.75) is 13.8 Å². The minimum atomic E-state index is -0.00264. The summed E-state index contributed by atoms with van der Waals surface area (Å²) >= 11 is 1.49. The Labute approximate surface area is 104 Å². The predicted octanol–water partition coefficient (Wildman–Crippen LogP) is 3.08. The van der Waals surface area contributed by atoms with Gasteiger partial charge in [0, 0.05) is 16.6 Å². The van der Waals surface area contributed by atoms with Gasteiger partial charge in [0.1, 0.15) is 5.75 Å². The largest absolute Gasteiger partial charge is 0.492 e. The van der Waals surface area contributed by atoms with Crippen LogP contribution in [0.4, 0.5) is 0 Å². The van der Waals surface area contributed by atoms with Crippen LogP contribution in [0.1, 0.15) is 27.0 Å². The van der Waals surface area contributed by atoms with Crippen molar-refractivity contribution >= 4 is 17.1 Å². The highest BCUT2D eigenvalue weighted by Crippen LogP contribution is 2.20. The number of carbonyl (C=O) groups is 1. The van der Waals surface area contributed by atoms with Crippen molar-refractivity contribution in [3.05, 3.63) is 45.9 Å². The molecule has 0 aliphatic rings. The summed E-state index contributed by atoms with van der Waals surface area (Å²) in [4.78, 5) is 18.0. The zero-order valence-electron chi connectivity index (χ0n) is 9.77. The predicted molar refractivity (Wildman–Crippen MR) is 67.9 cm³/mol. The zero-order chi connectivity index (χ0) is 12.3. The molecule has 3 nitrogen and oxygen atoms in total.